The van der Waals surface area contributed by atoms with Crippen molar-refractivity contribution in [2.75, 3.05) is 13.7 Å². The lowest BCUT2D eigenvalue weighted by molar-refractivity contribution is -0.386. The lowest BCUT2D eigenvalue weighted by Crippen LogP contribution is -2.06. The zero-order valence-corrected chi connectivity index (χ0v) is 9.60. The van der Waals surface area contributed by atoms with Crippen LogP contribution < -0.4 is 9.47 Å². The highest BCUT2D eigenvalue weighted by atomic mass is 16.6. The second-order valence-corrected chi connectivity index (χ2v) is 3.80. The molecule has 0 N–H and O–H groups in total. The van der Waals surface area contributed by atoms with Gasteiger partial charge >= 0.3 is 5.69 Å². The minimum Gasteiger partial charge on any atom is -0.496 e. The number of rotatable bonds is 5. The summed E-state index contributed by atoms with van der Waals surface area (Å²) in [5.74, 6) is 1.05. The van der Waals surface area contributed by atoms with E-state index in [1.165, 1.54) is 13.2 Å². The molecule has 0 aromatic heterocycles. The van der Waals surface area contributed by atoms with Gasteiger partial charge in [-0.2, -0.15) is 0 Å². The van der Waals surface area contributed by atoms with Crippen LogP contribution in [-0.4, -0.2) is 18.6 Å². The Labute approximate surface area is 94.1 Å². The van der Waals surface area contributed by atoms with Crippen molar-refractivity contribution in [2.24, 2.45) is 5.92 Å². The molecule has 0 fully saturated rings. The van der Waals surface area contributed by atoms with Crippen LogP contribution in [0.5, 0.6) is 11.5 Å². The van der Waals surface area contributed by atoms with E-state index >= 15 is 0 Å². The summed E-state index contributed by atoms with van der Waals surface area (Å²) in [6, 6.07) is 4.55. The highest BCUT2D eigenvalue weighted by molar-refractivity contribution is 5.50. The average molecular weight is 225 g/mol. The van der Waals surface area contributed by atoms with Crippen molar-refractivity contribution in [1.82, 2.24) is 0 Å². The maximum absolute atomic E-state index is 10.8. The normalized spacial score (nSPS) is 10.2. The number of ether oxygens (including phenoxy) is 2. The van der Waals surface area contributed by atoms with Gasteiger partial charge in [0.1, 0.15) is 5.75 Å². The maximum Gasteiger partial charge on any atom is 0.314 e. The molecule has 0 atom stereocenters. The van der Waals surface area contributed by atoms with Gasteiger partial charge in [-0.15, -0.1) is 0 Å². The van der Waals surface area contributed by atoms with Gasteiger partial charge in [-0.05, 0) is 18.1 Å². The molecule has 0 saturated heterocycles. The predicted octanol–water partition coefficient (Wildman–Crippen LogP) is 2.64. The summed E-state index contributed by atoms with van der Waals surface area (Å²) in [7, 11) is 1.47. The van der Waals surface area contributed by atoms with E-state index in [2.05, 4.69) is 0 Å². The molecule has 0 radical (unpaired) electrons. The van der Waals surface area contributed by atoms with Gasteiger partial charge in [0.15, 0.2) is 5.75 Å². The minimum absolute atomic E-state index is 0.0694. The largest absolute Gasteiger partial charge is 0.496 e. The van der Waals surface area contributed by atoms with Gasteiger partial charge in [0.2, 0.25) is 0 Å². The summed E-state index contributed by atoms with van der Waals surface area (Å²) in [5, 5.41) is 10.8. The third-order valence-electron chi connectivity index (χ3n) is 1.93. The Morgan fingerprint density at radius 1 is 1.44 bits per heavy atom. The number of hydrogen-bond acceptors (Lipinski definition) is 4. The molecule has 0 saturated carbocycles. The summed E-state index contributed by atoms with van der Waals surface area (Å²) in [5.41, 5.74) is -0.0694. The fourth-order valence-corrected chi connectivity index (χ4v) is 1.15. The van der Waals surface area contributed by atoms with Crippen LogP contribution >= 0.6 is 0 Å². The Hall–Kier alpha value is -1.78. The molecule has 5 heteroatoms. The molecule has 0 aliphatic carbocycles. The molecule has 0 aliphatic heterocycles. The minimum atomic E-state index is -0.474. The number of hydrogen-bond donors (Lipinski definition) is 0. The quantitative estimate of drug-likeness (QED) is 0.571. The average Bonchev–Trinajstić information content (AvgIpc) is 2.25. The van der Waals surface area contributed by atoms with E-state index in [0.29, 0.717) is 18.3 Å². The van der Waals surface area contributed by atoms with Gasteiger partial charge in [0.25, 0.3) is 0 Å². The molecule has 0 unspecified atom stereocenters. The first kappa shape index (κ1) is 12.3. The third-order valence-corrected chi connectivity index (χ3v) is 1.93. The summed E-state index contributed by atoms with van der Waals surface area (Å²) in [4.78, 5) is 10.3. The Morgan fingerprint density at radius 3 is 2.62 bits per heavy atom. The number of nitro benzene ring substituents is 1. The Morgan fingerprint density at radius 2 is 2.12 bits per heavy atom. The lowest BCUT2D eigenvalue weighted by atomic mass is 10.2. The highest BCUT2D eigenvalue weighted by Gasteiger charge is 2.16. The van der Waals surface area contributed by atoms with Crippen LogP contribution in [0.4, 0.5) is 5.69 Å². The molecule has 0 amide bonds. The van der Waals surface area contributed by atoms with Crippen LogP contribution in [0.2, 0.25) is 0 Å². The van der Waals surface area contributed by atoms with Gasteiger partial charge in [-0.25, -0.2) is 0 Å². The first-order valence-corrected chi connectivity index (χ1v) is 4.99. The number of nitro groups is 1. The number of benzene rings is 1. The number of nitrogens with zero attached hydrogens (tertiary/aromatic N) is 1. The van der Waals surface area contributed by atoms with Crippen LogP contribution in [0.1, 0.15) is 13.8 Å². The molecule has 1 rings (SSSR count). The Kier molecular flexibility index (Phi) is 4.10. The molecule has 16 heavy (non-hydrogen) atoms. The van der Waals surface area contributed by atoms with Gasteiger partial charge < -0.3 is 9.47 Å². The Bertz CT molecular complexity index is 376. The molecule has 0 aliphatic rings. The molecular formula is C11H15NO4. The molecule has 5 nitrogen and oxygen atoms in total. The summed E-state index contributed by atoms with van der Waals surface area (Å²) >= 11 is 0. The van der Waals surface area contributed by atoms with E-state index in [9.17, 15) is 10.1 Å². The second kappa shape index (κ2) is 5.34. The third kappa shape index (κ3) is 3.12. The van der Waals surface area contributed by atoms with Crippen molar-refractivity contribution in [3.8, 4) is 11.5 Å². The fraction of sp³-hybridized carbons (Fsp3) is 0.455. The molecule has 0 bridgehead atoms. The van der Waals surface area contributed by atoms with Gasteiger partial charge in [0.05, 0.1) is 24.7 Å². The van der Waals surface area contributed by atoms with Crippen molar-refractivity contribution in [3.05, 3.63) is 28.3 Å². The summed E-state index contributed by atoms with van der Waals surface area (Å²) < 4.78 is 10.3. The molecule has 0 heterocycles. The van der Waals surface area contributed by atoms with E-state index in [1.807, 2.05) is 13.8 Å². The topological polar surface area (TPSA) is 61.6 Å². The molecular weight excluding hydrogens is 210 g/mol. The van der Waals surface area contributed by atoms with Crippen molar-refractivity contribution >= 4 is 5.69 Å². The van der Waals surface area contributed by atoms with Gasteiger partial charge in [0, 0.05) is 0 Å². The number of methoxy groups -OCH3 is 1. The molecule has 1 aromatic rings. The monoisotopic (exact) mass is 225 g/mol. The zero-order valence-electron chi connectivity index (χ0n) is 9.60. The second-order valence-electron chi connectivity index (χ2n) is 3.80. The lowest BCUT2D eigenvalue weighted by Gasteiger charge is -2.09. The molecule has 88 valence electrons. The van der Waals surface area contributed by atoms with Crippen molar-refractivity contribution in [1.29, 1.82) is 0 Å². The van der Waals surface area contributed by atoms with Crippen LogP contribution in [0.25, 0.3) is 0 Å². The van der Waals surface area contributed by atoms with Crippen molar-refractivity contribution in [2.45, 2.75) is 13.8 Å². The highest BCUT2D eigenvalue weighted by Crippen LogP contribution is 2.31. The van der Waals surface area contributed by atoms with Crippen molar-refractivity contribution in [3.63, 3.8) is 0 Å². The maximum atomic E-state index is 10.8. The molecule has 0 spiro atoms. The van der Waals surface area contributed by atoms with Gasteiger partial charge in [-0.3, -0.25) is 10.1 Å². The van der Waals surface area contributed by atoms with Crippen LogP contribution in [0, 0.1) is 16.0 Å². The van der Waals surface area contributed by atoms with E-state index < -0.39 is 4.92 Å². The zero-order chi connectivity index (χ0) is 12.1. The van der Waals surface area contributed by atoms with Crippen LogP contribution in [-0.2, 0) is 0 Å². The van der Waals surface area contributed by atoms with E-state index in [1.54, 1.807) is 12.1 Å². The van der Waals surface area contributed by atoms with E-state index in [4.69, 9.17) is 9.47 Å². The van der Waals surface area contributed by atoms with Crippen molar-refractivity contribution < 1.29 is 14.4 Å². The Balaban J connectivity index is 2.94. The molecule has 1 aromatic carbocycles. The SMILES string of the molecule is COc1ccc(OCC(C)C)c([N+](=O)[O-])c1. The smallest absolute Gasteiger partial charge is 0.314 e. The fourth-order valence-electron chi connectivity index (χ4n) is 1.15. The van der Waals surface area contributed by atoms with Crippen LogP contribution in [0.15, 0.2) is 18.2 Å². The first-order valence-electron chi connectivity index (χ1n) is 4.99. The first-order chi connectivity index (χ1) is 7.54. The predicted molar refractivity (Wildman–Crippen MR) is 60.0 cm³/mol. The summed E-state index contributed by atoms with van der Waals surface area (Å²) in [6.45, 7) is 4.41. The van der Waals surface area contributed by atoms with Crippen LogP contribution in [0.3, 0.4) is 0 Å². The standard InChI is InChI=1S/C11H15NO4/c1-8(2)7-16-11-5-4-9(15-3)6-10(11)12(13)14/h4-6,8H,7H2,1-3H3. The van der Waals surface area contributed by atoms with E-state index in [0.717, 1.165) is 0 Å². The summed E-state index contributed by atoms with van der Waals surface area (Å²) in [6.07, 6.45) is 0. The van der Waals surface area contributed by atoms with Gasteiger partial charge in [-0.1, -0.05) is 13.8 Å². The van der Waals surface area contributed by atoms with E-state index in [-0.39, 0.29) is 11.4 Å².